The van der Waals surface area contributed by atoms with Gasteiger partial charge in [0.05, 0.1) is 5.69 Å². The summed E-state index contributed by atoms with van der Waals surface area (Å²) in [5, 5.41) is 8.88. The highest BCUT2D eigenvalue weighted by molar-refractivity contribution is 5.52. The molecule has 2 nitrogen and oxygen atoms in total. The van der Waals surface area contributed by atoms with E-state index in [1.807, 2.05) is 29.9 Å². The van der Waals surface area contributed by atoms with Crippen LogP contribution in [0.3, 0.4) is 0 Å². The van der Waals surface area contributed by atoms with Gasteiger partial charge in [-0.1, -0.05) is 6.58 Å². The smallest absolute Gasteiger partial charge is 0.132 e. The fourth-order valence-corrected chi connectivity index (χ4v) is 0.761. The van der Waals surface area contributed by atoms with Crippen LogP contribution in [0.4, 0.5) is 0 Å². The van der Waals surface area contributed by atoms with Gasteiger partial charge in [0.15, 0.2) is 0 Å². The zero-order valence-corrected chi connectivity index (χ0v) is 5.33. The third kappa shape index (κ3) is 0.964. The first-order valence-corrected chi connectivity index (χ1v) is 2.71. The van der Waals surface area contributed by atoms with Crippen LogP contribution in [0, 0.1) is 0 Å². The molecule has 0 saturated heterocycles. The van der Waals surface area contributed by atoms with E-state index in [9.17, 15) is 0 Å². The minimum Gasteiger partial charge on any atom is -0.506 e. The summed E-state index contributed by atoms with van der Waals surface area (Å²) in [4.78, 5) is 0. The van der Waals surface area contributed by atoms with E-state index in [-0.39, 0.29) is 5.76 Å². The molecule has 1 rings (SSSR count). The first kappa shape index (κ1) is 5.95. The molecule has 0 bridgehead atoms. The molecule has 0 unspecified atom stereocenters. The van der Waals surface area contributed by atoms with E-state index >= 15 is 0 Å². The lowest BCUT2D eigenvalue weighted by molar-refractivity contribution is 0.506. The van der Waals surface area contributed by atoms with Crippen LogP contribution >= 0.6 is 0 Å². The van der Waals surface area contributed by atoms with Gasteiger partial charge in [0.1, 0.15) is 5.76 Å². The second-order valence-corrected chi connectivity index (χ2v) is 1.95. The van der Waals surface area contributed by atoms with Crippen LogP contribution in [0.5, 0.6) is 0 Å². The Labute approximate surface area is 54.0 Å². The summed E-state index contributed by atoms with van der Waals surface area (Å²) >= 11 is 0. The van der Waals surface area contributed by atoms with Crippen LogP contribution in [0.2, 0.25) is 0 Å². The summed E-state index contributed by atoms with van der Waals surface area (Å²) in [6.07, 6.45) is 1.86. The topological polar surface area (TPSA) is 25.2 Å². The Balaban J connectivity index is 3.08. The fourth-order valence-electron chi connectivity index (χ4n) is 0.761. The molecule has 0 spiro atoms. The molecular weight excluding hydrogens is 114 g/mol. The third-order valence-electron chi connectivity index (χ3n) is 1.24. The summed E-state index contributed by atoms with van der Waals surface area (Å²) < 4.78 is 1.81. The first-order chi connectivity index (χ1) is 4.22. The van der Waals surface area contributed by atoms with Crippen LogP contribution in [0.25, 0.3) is 5.76 Å². The van der Waals surface area contributed by atoms with Gasteiger partial charge in [-0.2, -0.15) is 0 Å². The van der Waals surface area contributed by atoms with Gasteiger partial charge >= 0.3 is 0 Å². The van der Waals surface area contributed by atoms with E-state index in [1.54, 1.807) is 0 Å². The van der Waals surface area contributed by atoms with Crippen molar-refractivity contribution in [3.8, 4) is 0 Å². The molecular formula is C7H9NO. The van der Waals surface area contributed by atoms with E-state index in [1.165, 1.54) is 0 Å². The molecule has 1 aromatic heterocycles. The molecule has 0 aromatic carbocycles. The first-order valence-electron chi connectivity index (χ1n) is 2.71. The number of nitrogens with zero attached hydrogens (tertiary/aromatic N) is 1. The number of rotatable bonds is 1. The monoisotopic (exact) mass is 123 g/mol. The molecule has 0 radical (unpaired) electrons. The van der Waals surface area contributed by atoms with Crippen molar-refractivity contribution in [1.29, 1.82) is 0 Å². The van der Waals surface area contributed by atoms with E-state index in [0.29, 0.717) is 0 Å². The quantitative estimate of drug-likeness (QED) is 0.563. The van der Waals surface area contributed by atoms with Gasteiger partial charge in [0.25, 0.3) is 0 Å². The van der Waals surface area contributed by atoms with E-state index in [2.05, 4.69) is 6.58 Å². The Hall–Kier alpha value is -1.18. The van der Waals surface area contributed by atoms with Gasteiger partial charge in [-0.05, 0) is 12.1 Å². The zero-order chi connectivity index (χ0) is 6.85. The number of aliphatic hydroxyl groups excluding tert-OH is 1. The van der Waals surface area contributed by atoms with E-state index in [0.717, 1.165) is 5.69 Å². The minimum absolute atomic E-state index is 0.113. The number of aliphatic hydroxyl groups is 1. The number of hydrogen-bond acceptors (Lipinski definition) is 1. The molecule has 0 fully saturated rings. The Morgan fingerprint density at radius 3 is 2.67 bits per heavy atom. The molecule has 1 heterocycles. The molecule has 0 aliphatic carbocycles. The summed E-state index contributed by atoms with van der Waals surface area (Å²) in [5.74, 6) is 0.113. The van der Waals surface area contributed by atoms with Crippen molar-refractivity contribution in [2.24, 2.45) is 7.05 Å². The lowest BCUT2D eigenvalue weighted by Gasteiger charge is -1.97. The van der Waals surface area contributed by atoms with Crippen LogP contribution in [-0.2, 0) is 7.05 Å². The van der Waals surface area contributed by atoms with Gasteiger partial charge in [-0.25, -0.2) is 0 Å². The van der Waals surface area contributed by atoms with Gasteiger partial charge in [-0.15, -0.1) is 0 Å². The molecule has 48 valence electrons. The molecule has 1 aromatic rings. The Kier molecular flexibility index (Phi) is 1.30. The summed E-state index contributed by atoms with van der Waals surface area (Å²) in [5.41, 5.74) is 0.759. The number of hydrogen-bond donors (Lipinski definition) is 1. The second-order valence-electron chi connectivity index (χ2n) is 1.95. The summed E-state index contributed by atoms with van der Waals surface area (Å²) in [7, 11) is 1.86. The van der Waals surface area contributed by atoms with E-state index in [4.69, 9.17) is 5.11 Å². The van der Waals surface area contributed by atoms with Crippen LogP contribution in [0.15, 0.2) is 24.9 Å². The van der Waals surface area contributed by atoms with Crippen molar-refractivity contribution in [3.05, 3.63) is 30.6 Å². The maximum Gasteiger partial charge on any atom is 0.132 e. The maximum atomic E-state index is 8.88. The molecule has 0 aliphatic rings. The molecule has 1 N–H and O–H groups in total. The number of aromatic nitrogens is 1. The largest absolute Gasteiger partial charge is 0.506 e. The third-order valence-corrected chi connectivity index (χ3v) is 1.24. The molecule has 0 aliphatic heterocycles. The second kappa shape index (κ2) is 1.97. The Morgan fingerprint density at radius 1 is 1.78 bits per heavy atom. The van der Waals surface area contributed by atoms with Gasteiger partial charge in [0.2, 0.25) is 0 Å². The molecule has 2 heteroatoms. The Morgan fingerprint density at radius 2 is 2.44 bits per heavy atom. The molecule has 0 amide bonds. The summed E-state index contributed by atoms with van der Waals surface area (Å²) in [6, 6.07) is 3.67. The Bertz CT molecular complexity index is 225. The highest BCUT2D eigenvalue weighted by Crippen LogP contribution is 2.07. The van der Waals surface area contributed by atoms with Crippen molar-refractivity contribution in [2.75, 3.05) is 0 Å². The lowest BCUT2D eigenvalue weighted by atomic mass is 10.4. The molecule has 9 heavy (non-hydrogen) atoms. The van der Waals surface area contributed by atoms with Crippen molar-refractivity contribution in [2.45, 2.75) is 0 Å². The maximum absolute atomic E-state index is 8.88. The van der Waals surface area contributed by atoms with E-state index < -0.39 is 0 Å². The predicted octanol–water partition coefficient (Wildman–Crippen LogP) is 1.55. The fraction of sp³-hybridized carbons (Fsp3) is 0.143. The van der Waals surface area contributed by atoms with Gasteiger partial charge < -0.3 is 9.67 Å². The average Bonchev–Trinajstić information content (AvgIpc) is 2.13. The van der Waals surface area contributed by atoms with Crippen LogP contribution in [0.1, 0.15) is 5.69 Å². The van der Waals surface area contributed by atoms with Crippen molar-refractivity contribution in [1.82, 2.24) is 4.57 Å². The molecule has 0 saturated carbocycles. The normalized spacial score (nSPS) is 9.44. The SMILES string of the molecule is C=C(O)c1cccn1C. The zero-order valence-electron chi connectivity index (χ0n) is 5.33. The van der Waals surface area contributed by atoms with Crippen LogP contribution < -0.4 is 0 Å². The number of aryl methyl sites for hydroxylation is 1. The molecule has 0 atom stereocenters. The van der Waals surface area contributed by atoms with Crippen molar-refractivity contribution < 1.29 is 5.11 Å². The highest BCUT2D eigenvalue weighted by Gasteiger charge is 1.96. The summed E-state index contributed by atoms with van der Waals surface area (Å²) in [6.45, 7) is 3.39. The minimum atomic E-state index is 0.113. The predicted molar refractivity (Wildman–Crippen MR) is 37.1 cm³/mol. The standard InChI is InChI=1S/C7H9NO/c1-6(9)7-4-3-5-8(7)2/h3-5,9H,1H2,2H3. The van der Waals surface area contributed by atoms with Gasteiger partial charge in [-0.3, -0.25) is 0 Å². The van der Waals surface area contributed by atoms with Gasteiger partial charge in [0, 0.05) is 13.2 Å². The van der Waals surface area contributed by atoms with Crippen molar-refractivity contribution in [3.63, 3.8) is 0 Å². The lowest BCUT2D eigenvalue weighted by Crippen LogP contribution is -1.91. The van der Waals surface area contributed by atoms with Crippen molar-refractivity contribution >= 4 is 5.76 Å². The van der Waals surface area contributed by atoms with Crippen LogP contribution in [-0.4, -0.2) is 9.67 Å². The highest BCUT2D eigenvalue weighted by atomic mass is 16.3. The average molecular weight is 123 g/mol.